The van der Waals surface area contributed by atoms with Crippen LogP contribution in [0, 0.1) is 3.57 Å². The number of rotatable bonds is 1. The first kappa shape index (κ1) is 7.58. The number of hydrogen-bond donors (Lipinski definition) is 0. The minimum absolute atomic E-state index is 1.15. The summed E-state index contributed by atoms with van der Waals surface area (Å²) >= 11 is 2.27. The number of hydrogen-bond acceptors (Lipinski definition) is 0. The summed E-state index contributed by atoms with van der Waals surface area (Å²) in [7, 11) is 0. The van der Waals surface area contributed by atoms with E-state index < -0.39 is 0 Å². The van der Waals surface area contributed by atoms with Crippen LogP contribution in [0.4, 0.5) is 0 Å². The van der Waals surface area contributed by atoms with Crippen molar-refractivity contribution in [2.75, 3.05) is 0 Å². The maximum absolute atomic E-state index is 3.50. The van der Waals surface area contributed by atoms with Crippen LogP contribution >= 0.6 is 22.6 Å². The molecule has 0 atom stereocenters. The van der Waals surface area contributed by atoms with Gasteiger partial charge in [-0.25, -0.2) is 0 Å². The topological polar surface area (TPSA) is 0 Å². The van der Waals surface area contributed by atoms with Crippen molar-refractivity contribution in [3.63, 3.8) is 0 Å². The van der Waals surface area contributed by atoms with Gasteiger partial charge in [0, 0.05) is 3.57 Å². The fourth-order valence-corrected chi connectivity index (χ4v) is 1.04. The van der Waals surface area contributed by atoms with E-state index >= 15 is 0 Å². The van der Waals surface area contributed by atoms with Crippen molar-refractivity contribution in [2.24, 2.45) is 0 Å². The molecule has 1 aromatic carbocycles. The standard InChI is InChI=1S/C9H7I/c1-2-3-8-4-6-9(10)7-5-8/h3-7H,1H2. The lowest BCUT2D eigenvalue weighted by Crippen LogP contribution is -1.70. The molecule has 0 aliphatic rings. The third kappa shape index (κ3) is 2.01. The Kier molecular flexibility index (Phi) is 2.72. The van der Waals surface area contributed by atoms with E-state index in [-0.39, 0.29) is 0 Å². The van der Waals surface area contributed by atoms with Gasteiger partial charge in [0.25, 0.3) is 0 Å². The fourth-order valence-electron chi connectivity index (χ4n) is 0.677. The first-order valence-corrected chi connectivity index (χ1v) is 4.02. The molecule has 1 heteroatoms. The monoisotopic (exact) mass is 242 g/mol. The SMILES string of the molecule is C=C=Cc1ccc(I)cc1. The summed E-state index contributed by atoms with van der Waals surface area (Å²) in [6.45, 7) is 3.50. The van der Waals surface area contributed by atoms with Gasteiger partial charge in [-0.15, -0.1) is 5.73 Å². The van der Waals surface area contributed by atoms with E-state index in [2.05, 4.69) is 47.0 Å². The second-order valence-corrected chi connectivity index (χ2v) is 3.15. The fraction of sp³-hybridized carbons (Fsp3) is 0. The third-order valence-electron chi connectivity index (χ3n) is 1.14. The smallest absolute Gasteiger partial charge is 0.0130 e. The van der Waals surface area contributed by atoms with Gasteiger partial charge in [-0.3, -0.25) is 0 Å². The lowest BCUT2D eigenvalue weighted by molar-refractivity contribution is 1.61. The highest BCUT2D eigenvalue weighted by atomic mass is 127. The Morgan fingerprint density at radius 2 is 1.90 bits per heavy atom. The average molecular weight is 242 g/mol. The molecule has 0 fully saturated rings. The predicted molar refractivity (Wildman–Crippen MR) is 52.8 cm³/mol. The van der Waals surface area contributed by atoms with Crippen molar-refractivity contribution in [2.45, 2.75) is 0 Å². The van der Waals surface area contributed by atoms with Crippen LogP contribution in [-0.4, -0.2) is 0 Å². The molecular formula is C9H7I. The van der Waals surface area contributed by atoms with Crippen molar-refractivity contribution in [3.05, 3.63) is 45.7 Å². The van der Waals surface area contributed by atoms with Gasteiger partial charge in [0.2, 0.25) is 0 Å². The van der Waals surface area contributed by atoms with Gasteiger partial charge in [-0.2, -0.15) is 0 Å². The first-order valence-electron chi connectivity index (χ1n) is 2.94. The number of benzene rings is 1. The second kappa shape index (κ2) is 3.59. The number of halogens is 1. The van der Waals surface area contributed by atoms with Crippen LogP contribution < -0.4 is 0 Å². The summed E-state index contributed by atoms with van der Waals surface area (Å²) in [6, 6.07) is 8.20. The average Bonchev–Trinajstić information content (AvgIpc) is 1.95. The molecule has 0 radical (unpaired) electrons. The lowest BCUT2D eigenvalue weighted by atomic mass is 10.2. The van der Waals surface area contributed by atoms with Crippen LogP contribution in [-0.2, 0) is 0 Å². The molecule has 0 N–H and O–H groups in total. The van der Waals surface area contributed by atoms with Crippen molar-refractivity contribution in [3.8, 4) is 0 Å². The van der Waals surface area contributed by atoms with E-state index in [1.54, 1.807) is 0 Å². The minimum atomic E-state index is 1.15. The zero-order valence-corrected chi connectivity index (χ0v) is 7.63. The molecule has 0 spiro atoms. The lowest BCUT2D eigenvalue weighted by Gasteiger charge is -1.90. The van der Waals surface area contributed by atoms with Gasteiger partial charge in [0.1, 0.15) is 0 Å². The Morgan fingerprint density at radius 1 is 1.30 bits per heavy atom. The second-order valence-electron chi connectivity index (χ2n) is 1.90. The van der Waals surface area contributed by atoms with Crippen molar-refractivity contribution in [1.29, 1.82) is 0 Å². The molecular weight excluding hydrogens is 235 g/mol. The van der Waals surface area contributed by atoms with Gasteiger partial charge in [0.15, 0.2) is 0 Å². The highest BCUT2D eigenvalue weighted by Crippen LogP contribution is 2.06. The van der Waals surface area contributed by atoms with Crippen molar-refractivity contribution < 1.29 is 0 Å². The summed E-state index contributed by atoms with van der Waals surface area (Å²) in [6.07, 6.45) is 1.86. The maximum atomic E-state index is 3.50. The first-order chi connectivity index (χ1) is 4.83. The molecule has 0 saturated heterocycles. The predicted octanol–water partition coefficient (Wildman–Crippen LogP) is 3.09. The molecule has 50 valence electrons. The van der Waals surface area contributed by atoms with Gasteiger partial charge >= 0.3 is 0 Å². The third-order valence-corrected chi connectivity index (χ3v) is 1.86. The Balaban J connectivity index is 3.00. The maximum Gasteiger partial charge on any atom is 0.0130 e. The van der Waals surface area contributed by atoms with Crippen LogP contribution in [0.5, 0.6) is 0 Å². The van der Waals surface area contributed by atoms with Gasteiger partial charge in [-0.05, 0) is 46.4 Å². The molecule has 0 unspecified atom stereocenters. The van der Waals surface area contributed by atoms with E-state index in [1.807, 2.05) is 18.2 Å². The molecule has 0 bridgehead atoms. The summed E-state index contributed by atoms with van der Waals surface area (Å²) < 4.78 is 1.25. The Labute approximate surface area is 74.4 Å². The van der Waals surface area contributed by atoms with E-state index in [0.717, 1.165) is 5.56 Å². The molecule has 0 amide bonds. The highest BCUT2D eigenvalue weighted by molar-refractivity contribution is 14.1. The molecule has 0 heterocycles. The van der Waals surface area contributed by atoms with Crippen molar-refractivity contribution in [1.82, 2.24) is 0 Å². The molecule has 0 aliphatic heterocycles. The minimum Gasteiger partial charge on any atom is -0.128 e. The Morgan fingerprint density at radius 3 is 2.40 bits per heavy atom. The van der Waals surface area contributed by atoms with Gasteiger partial charge in [0.05, 0.1) is 0 Å². The highest BCUT2D eigenvalue weighted by Gasteiger charge is 1.84. The van der Waals surface area contributed by atoms with Gasteiger partial charge < -0.3 is 0 Å². The van der Waals surface area contributed by atoms with Crippen LogP contribution in [0.1, 0.15) is 5.56 Å². The van der Waals surface area contributed by atoms with E-state index in [9.17, 15) is 0 Å². The van der Waals surface area contributed by atoms with Crippen molar-refractivity contribution >= 4 is 28.7 Å². The molecule has 0 saturated carbocycles. The summed E-state index contributed by atoms with van der Waals surface area (Å²) in [4.78, 5) is 0. The summed E-state index contributed by atoms with van der Waals surface area (Å²) in [5.41, 5.74) is 3.87. The molecule has 0 nitrogen and oxygen atoms in total. The van der Waals surface area contributed by atoms with Crippen LogP contribution in [0.25, 0.3) is 6.08 Å². The van der Waals surface area contributed by atoms with Crippen LogP contribution in [0.3, 0.4) is 0 Å². The quantitative estimate of drug-likeness (QED) is 0.524. The van der Waals surface area contributed by atoms with Gasteiger partial charge in [-0.1, -0.05) is 18.7 Å². The van der Waals surface area contributed by atoms with E-state index in [1.165, 1.54) is 3.57 Å². The zero-order valence-electron chi connectivity index (χ0n) is 5.47. The molecule has 0 aromatic heterocycles. The Hall–Kier alpha value is -0.530. The normalized spacial score (nSPS) is 8.50. The molecule has 10 heavy (non-hydrogen) atoms. The summed E-state index contributed by atoms with van der Waals surface area (Å²) in [5.74, 6) is 0. The Bertz CT molecular complexity index is 253. The zero-order chi connectivity index (χ0) is 7.40. The van der Waals surface area contributed by atoms with E-state index in [4.69, 9.17) is 0 Å². The van der Waals surface area contributed by atoms with Crippen LogP contribution in [0.2, 0.25) is 0 Å². The largest absolute Gasteiger partial charge is 0.128 e. The molecule has 0 aliphatic carbocycles. The van der Waals surface area contributed by atoms with Crippen LogP contribution in [0.15, 0.2) is 36.6 Å². The summed E-state index contributed by atoms with van der Waals surface area (Å²) in [5, 5.41) is 0. The molecule has 1 aromatic rings. The molecule has 1 rings (SSSR count). The van der Waals surface area contributed by atoms with E-state index in [0.29, 0.717) is 0 Å².